The number of nitrogens with zero attached hydrogens (tertiary/aromatic N) is 1. The van der Waals surface area contributed by atoms with Crippen molar-refractivity contribution in [2.24, 2.45) is 11.8 Å². The largest absolute Gasteiger partial charge is 0.338 e. The highest BCUT2D eigenvalue weighted by Gasteiger charge is 2.32. The van der Waals surface area contributed by atoms with Gasteiger partial charge in [0.1, 0.15) is 5.82 Å². The van der Waals surface area contributed by atoms with Crippen LogP contribution in [0.5, 0.6) is 0 Å². The molecule has 1 amide bonds. The summed E-state index contributed by atoms with van der Waals surface area (Å²) in [6, 6.07) is 4.78. The van der Waals surface area contributed by atoms with E-state index in [1.165, 1.54) is 23.5 Å². The summed E-state index contributed by atoms with van der Waals surface area (Å²) in [6.07, 6.45) is 2.17. The van der Waals surface area contributed by atoms with Gasteiger partial charge in [-0.1, -0.05) is 6.07 Å². The van der Waals surface area contributed by atoms with Crippen LogP contribution in [-0.2, 0) is 0 Å². The molecule has 0 aliphatic carbocycles. The van der Waals surface area contributed by atoms with Crippen molar-refractivity contribution in [3.05, 3.63) is 34.5 Å². The van der Waals surface area contributed by atoms with Crippen molar-refractivity contribution < 1.29 is 9.18 Å². The van der Waals surface area contributed by atoms with Crippen molar-refractivity contribution in [3.8, 4) is 0 Å². The molecule has 3 heterocycles. The molecule has 122 valence electrons. The highest BCUT2D eigenvalue weighted by Crippen LogP contribution is 2.33. The van der Waals surface area contributed by atoms with E-state index in [9.17, 15) is 9.18 Å². The smallest absolute Gasteiger partial charge is 0.264 e. The molecule has 2 aliphatic rings. The third kappa shape index (κ3) is 2.66. The summed E-state index contributed by atoms with van der Waals surface area (Å²) in [6.45, 7) is 5.83. The molecule has 3 nitrogen and oxygen atoms in total. The Morgan fingerprint density at radius 1 is 1.26 bits per heavy atom. The lowest BCUT2D eigenvalue weighted by Crippen LogP contribution is -2.32. The number of carbonyl (C=O) groups is 1. The van der Waals surface area contributed by atoms with Crippen molar-refractivity contribution in [2.45, 2.75) is 19.8 Å². The minimum Gasteiger partial charge on any atom is -0.338 e. The van der Waals surface area contributed by atoms with Gasteiger partial charge in [0.05, 0.1) is 4.88 Å². The molecule has 2 saturated heterocycles. The van der Waals surface area contributed by atoms with E-state index in [4.69, 9.17) is 0 Å². The molecule has 2 atom stereocenters. The number of likely N-dealkylation sites (tertiary alicyclic amines) is 1. The maximum atomic E-state index is 13.4. The average molecular weight is 332 g/mol. The average Bonchev–Trinajstić information content (AvgIpc) is 3.05. The first-order valence-corrected chi connectivity index (χ1v) is 9.14. The van der Waals surface area contributed by atoms with Gasteiger partial charge in [0, 0.05) is 17.8 Å². The van der Waals surface area contributed by atoms with Crippen molar-refractivity contribution in [1.82, 2.24) is 10.2 Å². The molecule has 2 aromatic rings. The number of aryl methyl sites for hydroxylation is 1. The second kappa shape index (κ2) is 5.87. The van der Waals surface area contributed by atoms with Gasteiger partial charge in [-0.15, -0.1) is 11.3 Å². The monoisotopic (exact) mass is 332 g/mol. The molecule has 0 bridgehead atoms. The summed E-state index contributed by atoms with van der Waals surface area (Å²) in [5.41, 5.74) is 0.987. The van der Waals surface area contributed by atoms with E-state index >= 15 is 0 Å². The lowest BCUT2D eigenvalue weighted by atomic mass is 9.92. The second-order valence-electron chi connectivity index (χ2n) is 6.74. The standard InChI is InChI=1S/C18H21FN2OS/c1-11-15-3-2-14(19)8-16(15)23-17(11)18(22)21-6-4-12-9-20-10-13(12)5-7-21/h2-3,8,12-13,20H,4-7,9-10H2,1H3/t12-,13+. The van der Waals surface area contributed by atoms with E-state index in [2.05, 4.69) is 5.32 Å². The number of hydrogen-bond donors (Lipinski definition) is 1. The molecule has 23 heavy (non-hydrogen) atoms. The highest BCUT2D eigenvalue weighted by atomic mass is 32.1. The van der Waals surface area contributed by atoms with Crippen LogP contribution >= 0.6 is 11.3 Å². The zero-order chi connectivity index (χ0) is 16.0. The van der Waals surface area contributed by atoms with Gasteiger partial charge >= 0.3 is 0 Å². The van der Waals surface area contributed by atoms with Crippen LogP contribution in [0.1, 0.15) is 28.1 Å². The molecule has 0 unspecified atom stereocenters. The normalized spacial score (nSPS) is 24.7. The Labute approximate surface area is 139 Å². The molecule has 1 aromatic heterocycles. The molecule has 5 heteroatoms. The van der Waals surface area contributed by atoms with Crippen LogP contribution in [0.25, 0.3) is 10.1 Å². The number of hydrogen-bond acceptors (Lipinski definition) is 3. The maximum Gasteiger partial charge on any atom is 0.264 e. The van der Waals surface area contributed by atoms with Gasteiger partial charge in [0.25, 0.3) is 5.91 Å². The fourth-order valence-corrected chi connectivity index (χ4v) is 5.17. The highest BCUT2D eigenvalue weighted by molar-refractivity contribution is 7.21. The maximum absolute atomic E-state index is 13.4. The van der Waals surface area contributed by atoms with Crippen molar-refractivity contribution in [1.29, 1.82) is 0 Å². The Balaban J connectivity index is 1.60. The second-order valence-corrected chi connectivity index (χ2v) is 7.80. The summed E-state index contributed by atoms with van der Waals surface area (Å²) in [5, 5.41) is 4.46. The molecule has 0 saturated carbocycles. The summed E-state index contributed by atoms with van der Waals surface area (Å²) < 4.78 is 14.3. The first-order chi connectivity index (χ1) is 11.1. The first kappa shape index (κ1) is 15.1. The van der Waals surface area contributed by atoms with E-state index in [0.29, 0.717) is 11.8 Å². The van der Waals surface area contributed by atoms with Crippen molar-refractivity contribution >= 4 is 27.3 Å². The Morgan fingerprint density at radius 2 is 1.96 bits per heavy atom. The summed E-state index contributed by atoms with van der Waals surface area (Å²) in [4.78, 5) is 15.8. The van der Waals surface area contributed by atoms with Crippen molar-refractivity contribution in [2.75, 3.05) is 26.2 Å². The Hall–Kier alpha value is -1.46. The van der Waals surface area contributed by atoms with E-state index in [0.717, 1.165) is 59.5 Å². The molecule has 1 N–H and O–H groups in total. The number of amides is 1. The lowest BCUT2D eigenvalue weighted by Gasteiger charge is -2.20. The molecule has 2 aliphatic heterocycles. The van der Waals surface area contributed by atoms with Gasteiger partial charge in [0.15, 0.2) is 0 Å². The molecule has 1 aromatic carbocycles. The van der Waals surface area contributed by atoms with E-state index in [1.807, 2.05) is 11.8 Å². The quantitative estimate of drug-likeness (QED) is 0.868. The SMILES string of the molecule is Cc1c(C(=O)N2CC[C@@H]3CNC[C@@H]3CC2)sc2cc(F)ccc12. The van der Waals surface area contributed by atoms with Crippen LogP contribution in [0.4, 0.5) is 4.39 Å². The molecule has 2 fully saturated rings. The van der Waals surface area contributed by atoms with Crippen LogP contribution in [-0.4, -0.2) is 37.0 Å². The number of rotatable bonds is 1. The van der Waals surface area contributed by atoms with Gasteiger partial charge in [-0.3, -0.25) is 4.79 Å². The number of thiophene rings is 1. The Bertz CT molecular complexity index is 743. The van der Waals surface area contributed by atoms with Gasteiger partial charge in [-0.05, 0) is 67.8 Å². The predicted octanol–water partition coefficient (Wildman–Crippen LogP) is 3.42. The molecule has 4 rings (SSSR count). The molecule has 0 spiro atoms. The summed E-state index contributed by atoms with van der Waals surface area (Å²) in [5.74, 6) is 1.31. The molecule has 0 radical (unpaired) electrons. The van der Waals surface area contributed by atoms with Gasteiger partial charge < -0.3 is 10.2 Å². The Morgan fingerprint density at radius 3 is 2.65 bits per heavy atom. The number of halogens is 1. The van der Waals surface area contributed by atoms with E-state index in [-0.39, 0.29) is 11.7 Å². The number of nitrogens with one attached hydrogen (secondary N) is 1. The van der Waals surface area contributed by atoms with Crippen LogP contribution < -0.4 is 5.32 Å². The third-order valence-corrected chi connectivity index (χ3v) is 6.64. The topological polar surface area (TPSA) is 32.3 Å². The zero-order valence-electron chi connectivity index (χ0n) is 13.3. The Kier molecular flexibility index (Phi) is 3.85. The number of benzene rings is 1. The zero-order valence-corrected chi connectivity index (χ0v) is 14.1. The molecular formula is C18H21FN2OS. The lowest BCUT2D eigenvalue weighted by molar-refractivity contribution is 0.0763. The third-order valence-electron chi connectivity index (χ3n) is 5.40. The van der Waals surface area contributed by atoms with E-state index in [1.54, 1.807) is 6.07 Å². The predicted molar refractivity (Wildman–Crippen MR) is 91.5 cm³/mol. The van der Waals surface area contributed by atoms with Gasteiger partial charge in [0.2, 0.25) is 0 Å². The summed E-state index contributed by atoms with van der Waals surface area (Å²) in [7, 11) is 0. The fourth-order valence-electron chi connectivity index (χ4n) is 3.97. The van der Waals surface area contributed by atoms with Crippen LogP contribution in [0.15, 0.2) is 18.2 Å². The molecular weight excluding hydrogens is 311 g/mol. The first-order valence-electron chi connectivity index (χ1n) is 8.32. The van der Waals surface area contributed by atoms with Crippen LogP contribution in [0.3, 0.4) is 0 Å². The summed E-state index contributed by atoms with van der Waals surface area (Å²) >= 11 is 1.42. The minimum absolute atomic E-state index is 0.122. The minimum atomic E-state index is -0.243. The number of fused-ring (bicyclic) bond motifs is 2. The number of carbonyl (C=O) groups excluding carboxylic acids is 1. The fraction of sp³-hybridized carbons (Fsp3) is 0.500. The van der Waals surface area contributed by atoms with Gasteiger partial charge in [-0.25, -0.2) is 4.39 Å². The van der Waals surface area contributed by atoms with Gasteiger partial charge in [-0.2, -0.15) is 0 Å². The van der Waals surface area contributed by atoms with Crippen LogP contribution in [0, 0.1) is 24.6 Å². The van der Waals surface area contributed by atoms with E-state index < -0.39 is 0 Å². The van der Waals surface area contributed by atoms with Crippen molar-refractivity contribution in [3.63, 3.8) is 0 Å². The van der Waals surface area contributed by atoms with Crippen LogP contribution in [0.2, 0.25) is 0 Å².